The van der Waals surface area contributed by atoms with Crippen molar-refractivity contribution in [1.82, 2.24) is 14.5 Å². The predicted molar refractivity (Wildman–Crippen MR) is 88.8 cm³/mol. The van der Waals surface area contributed by atoms with E-state index in [1.54, 1.807) is 12.1 Å². The van der Waals surface area contributed by atoms with Crippen LogP contribution in [0.1, 0.15) is 15.9 Å². The highest BCUT2D eigenvalue weighted by molar-refractivity contribution is 5.99. The van der Waals surface area contributed by atoms with Crippen molar-refractivity contribution in [1.29, 1.82) is 0 Å². The van der Waals surface area contributed by atoms with E-state index >= 15 is 0 Å². The fourth-order valence-corrected chi connectivity index (χ4v) is 2.61. The van der Waals surface area contributed by atoms with Gasteiger partial charge in [-0.3, -0.25) is 18.9 Å². The van der Waals surface area contributed by atoms with Gasteiger partial charge in [0.2, 0.25) is 0 Å². The first-order valence-corrected chi connectivity index (χ1v) is 7.56. The fraction of sp³-hybridized carbons (Fsp3) is 0.118. The number of carboxylic acid groups (broad SMARTS) is 1. The summed E-state index contributed by atoms with van der Waals surface area (Å²) < 4.78 is 16.4. The van der Waals surface area contributed by atoms with Gasteiger partial charge in [-0.05, 0) is 18.2 Å². The van der Waals surface area contributed by atoms with E-state index in [-0.39, 0.29) is 17.6 Å². The third kappa shape index (κ3) is 3.02. The molecule has 0 unspecified atom stereocenters. The van der Waals surface area contributed by atoms with Gasteiger partial charge in [0.25, 0.3) is 11.5 Å². The summed E-state index contributed by atoms with van der Waals surface area (Å²) in [5.74, 6) is -3.42. The van der Waals surface area contributed by atoms with Crippen LogP contribution in [0.25, 0.3) is 5.52 Å². The minimum absolute atomic E-state index is 0.154. The molecule has 0 saturated heterocycles. The summed E-state index contributed by atoms with van der Waals surface area (Å²) >= 11 is 0. The number of aromatic nitrogens is 2. The number of rotatable bonds is 5. The van der Waals surface area contributed by atoms with E-state index in [1.807, 2.05) is 5.32 Å². The molecule has 134 valence electrons. The first kappa shape index (κ1) is 17.2. The Bertz CT molecular complexity index is 1070. The number of carbonyl (C=O) groups excluding carboxylic acids is 1. The third-order valence-electron chi connectivity index (χ3n) is 3.82. The number of benzene rings is 1. The van der Waals surface area contributed by atoms with E-state index in [0.717, 1.165) is 4.68 Å². The van der Waals surface area contributed by atoms with E-state index in [2.05, 4.69) is 0 Å². The molecular formula is C17H14FN3O5. The maximum atomic E-state index is 14.0. The molecule has 0 radical (unpaired) electrons. The van der Waals surface area contributed by atoms with Gasteiger partial charge in [0.15, 0.2) is 5.75 Å². The number of nitrogens with one attached hydrogen (secondary N) is 1. The number of fused-ring (bicyclic) bond motifs is 1. The summed E-state index contributed by atoms with van der Waals surface area (Å²) in [4.78, 5) is 35.6. The van der Waals surface area contributed by atoms with Crippen molar-refractivity contribution < 1.29 is 24.2 Å². The van der Waals surface area contributed by atoms with E-state index in [0.29, 0.717) is 0 Å². The molecule has 0 aliphatic rings. The van der Waals surface area contributed by atoms with Crippen molar-refractivity contribution >= 4 is 17.4 Å². The minimum atomic E-state index is -1.30. The van der Waals surface area contributed by atoms with Gasteiger partial charge in [-0.2, -0.15) is 0 Å². The summed E-state index contributed by atoms with van der Waals surface area (Å²) in [7, 11) is 0. The number of amides is 1. The molecule has 2 aromatic heterocycles. The number of carboxylic acids is 1. The van der Waals surface area contributed by atoms with Crippen molar-refractivity contribution in [3.05, 3.63) is 69.9 Å². The Morgan fingerprint density at radius 3 is 2.58 bits per heavy atom. The molecule has 0 atom stereocenters. The lowest BCUT2D eigenvalue weighted by Gasteiger charge is -2.14. The molecular weight excluding hydrogens is 345 g/mol. The molecule has 3 rings (SSSR count). The van der Waals surface area contributed by atoms with Gasteiger partial charge < -0.3 is 15.5 Å². The molecule has 3 N–H and O–H groups in total. The molecule has 0 aliphatic carbocycles. The Hall–Kier alpha value is -3.62. The lowest BCUT2D eigenvalue weighted by atomic mass is 10.2. The smallest absolute Gasteiger partial charge is 0.322 e. The highest BCUT2D eigenvalue weighted by atomic mass is 19.1. The van der Waals surface area contributed by atoms with Crippen LogP contribution in [0.5, 0.6) is 5.75 Å². The first-order valence-electron chi connectivity index (χ1n) is 7.56. The van der Waals surface area contributed by atoms with Gasteiger partial charge in [0.1, 0.15) is 23.4 Å². The molecule has 0 aliphatic heterocycles. The number of hydrogen-bond donors (Lipinski definition) is 3. The van der Waals surface area contributed by atoms with Crippen LogP contribution >= 0.6 is 0 Å². The Morgan fingerprint density at radius 2 is 1.88 bits per heavy atom. The number of halogens is 1. The highest BCUT2D eigenvalue weighted by Crippen LogP contribution is 2.22. The number of aromatic hydroxyl groups is 1. The van der Waals surface area contributed by atoms with Gasteiger partial charge >= 0.3 is 5.97 Å². The molecule has 1 amide bonds. The number of nitrogens with zero attached hydrogens (tertiary/aromatic N) is 2. The first-order chi connectivity index (χ1) is 12.4. The molecule has 2 heterocycles. The predicted octanol–water partition coefficient (Wildman–Crippen LogP) is 0.808. The summed E-state index contributed by atoms with van der Waals surface area (Å²) in [5, 5.41) is 21.0. The topological polar surface area (TPSA) is 113 Å². The van der Waals surface area contributed by atoms with Gasteiger partial charge in [-0.1, -0.05) is 18.2 Å². The Morgan fingerprint density at radius 1 is 1.15 bits per heavy atom. The Kier molecular flexibility index (Phi) is 4.44. The van der Waals surface area contributed by atoms with Crippen molar-refractivity contribution in [2.45, 2.75) is 6.54 Å². The molecule has 0 spiro atoms. The second-order valence-corrected chi connectivity index (χ2v) is 5.49. The van der Waals surface area contributed by atoms with Crippen LogP contribution in [-0.4, -0.2) is 37.8 Å². The van der Waals surface area contributed by atoms with Crippen molar-refractivity contribution in [3.8, 4) is 5.75 Å². The van der Waals surface area contributed by atoms with Crippen molar-refractivity contribution in [2.24, 2.45) is 0 Å². The van der Waals surface area contributed by atoms with Gasteiger partial charge in [-0.25, -0.2) is 9.07 Å². The van der Waals surface area contributed by atoms with Crippen LogP contribution in [0.15, 0.2) is 47.4 Å². The standard InChI is InChI=1S/C17H14FN3O5/c18-11-5-2-1-4-10(11)9-21-17(26)14(16(25)19-8-13(22)23)15(24)12-6-3-7-20(12)21/h1-7,24H,8-9H2,(H,19,25)(H,22,23). The number of carbonyl (C=O) groups is 2. The zero-order valence-corrected chi connectivity index (χ0v) is 13.3. The second-order valence-electron chi connectivity index (χ2n) is 5.49. The van der Waals surface area contributed by atoms with E-state index < -0.39 is 41.1 Å². The van der Waals surface area contributed by atoms with Crippen molar-refractivity contribution in [2.75, 3.05) is 6.54 Å². The molecule has 0 fully saturated rings. The van der Waals surface area contributed by atoms with E-state index in [4.69, 9.17) is 5.11 Å². The van der Waals surface area contributed by atoms with Crippen LogP contribution in [0.2, 0.25) is 0 Å². The highest BCUT2D eigenvalue weighted by Gasteiger charge is 2.23. The van der Waals surface area contributed by atoms with E-state index in [9.17, 15) is 23.9 Å². The number of aliphatic carboxylic acids is 1. The normalized spacial score (nSPS) is 10.8. The van der Waals surface area contributed by atoms with Gasteiger partial charge in [0.05, 0.1) is 6.54 Å². The monoisotopic (exact) mass is 359 g/mol. The van der Waals surface area contributed by atoms with Crippen LogP contribution in [0, 0.1) is 5.82 Å². The molecule has 0 bridgehead atoms. The minimum Gasteiger partial charge on any atom is -0.505 e. The molecule has 8 nitrogen and oxygen atoms in total. The fourth-order valence-electron chi connectivity index (χ4n) is 2.61. The Labute approximate surface area is 145 Å². The summed E-state index contributed by atoms with van der Waals surface area (Å²) in [6.45, 7) is -0.895. The number of hydrogen-bond acceptors (Lipinski definition) is 4. The summed E-state index contributed by atoms with van der Waals surface area (Å²) in [6.07, 6.45) is 1.48. The summed E-state index contributed by atoms with van der Waals surface area (Å²) in [5.41, 5.74) is -1.11. The van der Waals surface area contributed by atoms with Crippen LogP contribution < -0.4 is 10.9 Å². The summed E-state index contributed by atoms with van der Waals surface area (Å²) in [6, 6.07) is 8.87. The zero-order valence-electron chi connectivity index (χ0n) is 13.3. The maximum absolute atomic E-state index is 14.0. The molecule has 0 saturated carbocycles. The lowest BCUT2D eigenvalue weighted by Crippen LogP contribution is -2.37. The quantitative estimate of drug-likeness (QED) is 0.624. The zero-order chi connectivity index (χ0) is 18.8. The second kappa shape index (κ2) is 6.71. The maximum Gasteiger partial charge on any atom is 0.322 e. The van der Waals surface area contributed by atoms with Crippen LogP contribution in [0.3, 0.4) is 0 Å². The van der Waals surface area contributed by atoms with Gasteiger partial charge in [-0.15, -0.1) is 0 Å². The average Bonchev–Trinajstić information content (AvgIpc) is 3.08. The molecule has 1 aromatic carbocycles. The molecule has 9 heteroatoms. The van der Waals surface area contributed by atoms with Crippen LogP contribution in [0.4, 0.5) is 4.39 Å². The Balaban J connectivity index is 2.15. The lowest BCUT2D eigenvalue weighted by molar-refractivity contribution is -0.135. The van der Waals surface area contributed by atoms with Crippen molar-refractivity contribution in [3.63, 3.8) is 0 Å². The third-order valence-corrected chi connectivity index (χ3v) is 3.82. The largest absolute Gasteiger partial charge is 0.505 e. The SMILES string of the molecule is O=C(O)CNC(=O)c1c(O)c2cccn2n(Cc2ccccc2F)c1=O. The van der Waals surface area contributed by atoms with E-state index in [1.165, 1.54) is 35.0 Å². The molecule has 26 heavy (non-hydrogen) atoms. The van der Waals surface area contributed by atoms with Crippen LogP contribution in [-0.2, 0) is 11.3 Å². The van der Waals surface area contributed by atoms with Gasteiger partial charge in [0, 0.05) is 11.8 Å². The average molecular weight is 359 g/mol. The molecule has 3 aromatic rings.